The minimum Gasteiger partial charge on any atom is -0.378 e. The van der Waals surface area contributed by atoms with Gasteiger partial charge in [-0.15, -0.1) is 0 Å². The number of nitrogens with zero attached hydrogens (tertiary/aromatic N) is 4. The number of morpholine rings is 1. The van der Waals surface area contributed by atoms with Crippen molar-refractivity contribution in [3.8, 4) is 11.4 Å². The Hall–Kier alpha value is -2.61. The maximum atomic E-state index is 6.01. The average molecular weight is 423 g/mol. The summed E-state index contributed by atoms with van der Waals surface area (Å²) in [5, 5.41) is 0. The SMILES string of the molecule is CC.CC1(C)OCC(c2cnc3c(N4CCOCC4)nc(-c4ccccc4)nc3c2)O1. The number of pyridine rings is 1. The van der Waals surface area contributed by atoms with Crippen LogP contribution >= 0.6 is 0 Å². The van der Waals surface area contributed by atoms with Crippen molar-refractivity contribution in [1.29, 1.82) is 0 Å². The lowest BCUT2D eigenvalue weighted by molar-refractivity contribution is -0.139. The fraction of sp³-hybridized carbons (Fsp3) is 0.458. The molecule has 1 unspecified atom stereocenters. The first-order valence-electron chi connectivity index (χ1n) is 11.0. The number of rotatable bonds is 3. The van der Waals surface area contributed by atoms with Crippen molar-refractivity contribution in [2.24, 2.45) is 0 Å². The van der Waals surface area contributed by atoms with E-state index in [0.29, 0.717) is 25.6 Å². The van der Waals surface area contributed by atoms with Crippen LogP contribution in [0.2, 0.25) is 0 Å². The maximum absolute atomic E-state index is 6.01. The van der Waals surface area contributed by atoms with Crippen molar-refractivity contribution in [2.75, 3.05) is 37.8 Å². The summed E-state index contributed by atoms with van der Waals surface area (Å²) in [6.07, 6.45) is 1.71. The zero-order valence-corrected chi connectivity index (χ0v) is 18.7. The van der Waals surface area contributed by atoms with Crippen LogP contribution in [-0.2, 0) is 14.2 Å². The van der Waals surface area contributed by atoms with Crippen LogP contribution in [0.1, 0.15) is 39.4 Å². The van der Waals surface area contributed by atoms with Crippen LogP contribution in [0.3, 0.4) is 0 Å². The van der Waals surface area contributed by atoms with Gasteiger partial charge in [0.2, 0.25) is 0 Å². The van der Waals surface area contributed by atoms with E-state index in [9.17, 15) is 0 Å². The second-order valence-electron chi connectivity index (χ2n) is 7.79. The first-order chi connectivity index (χ1) is 15.1. The highest BCUT2D eigenvalue weighted by Gasteiger charge is 2.34. The molecule has 2 aliphatic heterocycles. The molecule has 0 amide bonds. The summed E-state index contributed by atoms with van der Waals surface area (Å²) in [6.45, 7) is 11.3. The highest BCUT2D eigenvalue weighted by molar-refractivity contribution is 5.88. The smallest absolute Gasteiger partial charge is 0.163 e. The molecule has 0 saturated carbocycles. The third-order valence-electron chi connectivity index (χ3n) is 5.26. The van der Waals surface area contributed by atoms with E-state index in [-0.39, 0.29) is 6.10 Å². The van der Waals surface area contributed by atoms with Crippen molar-refractivity contribution in [2.45, 2.75) is 39.6 Å². The maximum Gasteiger partial charge on any atom is 0.163 e. The van der Waals surface area contributed by atoms with E-state index in [1.165, 1.54) is 0 Å². The predicted octanol–water partition coefficient (Wildman–Crippen LogP) is 4.38. The van der Waals surface area contributed by atoms with E-state index in [4.69, 9.17) is 29.2 Å². The van der Waals surface area contributed by atoms with E-state index in [1.54, 1.807) is 0 Å². The number of ether oxygens (including phenoxy) is 3. The number of aromatic nitrogens is 3. The molecule has 1 aromatic carbocycles. The molecule has 2 aromatic heterocycles. The highest BCUT2D eigenvalue weighted by atomic mass is 16.7. The van der Waals surface area contributed by atoms with Gasteiger partial charge < -0.3 is 19.1 Å². The molecule has 1 atom stereocenters. The highest BCUT2D eigenvalue weighted by Crippen LogP contribution is 2.34. The summed E-state index contributed by atoms with van der Waals surface area (Å²) in [5.41, 5.74) is 3.56. The van der Waals surface area contributed by atoms with Crippen LogP contribution in [-0.4, -0.2) is 53.6 Å². The van der Waals surface area contributed by atoms with Gasteiger partial charge in [-0.05, 0) is 19.9 Å². The zero-order chi connectivity index (χ0) is 21.8. The molecule has 164 valence electrons. The number of fused-ring (bicyclic) bond motifs is 1. The minimum atomic E-state index is -0.584. The Morgan fingerprint density at radius 2 is 1.77 bits per heavy atom. The van der Waals surface area contributed by atoms with Gasteiger partial charge in [0.25, 0.3) is 0 Å². The van der Waals surface area contributed by atoms with E-state index in [0.717, 1.165) is 41.1 Å². The monoisotopic (exact) mass is 422 g/mol. The third kappa shape index (κ3) is 4.69. The van der Waals surface area contributed by atoms with E-state index in [1.807, 2.05) is 64.2 Å². The van der Waals surface area contributed by atoms with E-state index in [2.05, 4.69) is 11.0 Å². The molecule has 7 nitrogen and oxygen atoms in total. The van der Waals surface area contributed by atoms with Gasteiger partial charge in [0.1, 0.15) is 11.6 Å². The van der Waals surface area contributed by atoms with Crippen molar-refractivity contribution in [3.63, 3.8) is 0 Å². The molecule has 31 heavy (non-hydrogen) atoms. The largest absolute Gasteiger partial charge is 0.378 e. The molecule has 0 spiro atoms. The Balaban J connectivity index is 0.00000112. The summed E-state index contributed by atoms with van der Waals surface area (Å²) < 4.78 is 17.3. The lowest BCUT2D eigenvalue weighted by Gasteiger charge is -2.28. The molecule has 0 radical (unpaired) electrons. The molecule has 0 aliphatic carbocycles. The fourth-order valence-electron chi connectivity index (χ4n) is 3.76. The number of hydrogen-bond donors (Lipinski definition) is 0. The molecular weight excluding hydrogens is 392 g/mol. The van der Waals surface area contributed by atoms with Gasteiger partial charge in [0, 0.05) is 30.4 Å². The molecule has 2 aliphatic rings. The Morgan fingerprint density at radius 3 is 2.45 bits per heavy atom. The Labute approximate surface area is 183 Å². The molecule has 3 aromatic rings. The minimum absolute atomic E-state index is 0.149. The first-order valence-corrected chi connectivity index (χ1v) is 11.0. The summed E-state index contributed by atoms with van der Waals surface area (Å²) in [6, 6.07) is 12.1. The number of benzene rings is 1. The molecular formula is C24H30N4O3. The van der Waals surface area contributed by atoms with Gasteiger partial charge in [0.15, 0.2) is 17.4 Å². The third-order valence-corrected chi connectivity index (χ3v) is 5.26. The predicted molar refractivity (Wildman–Crippen MR) is 121 cm³/mol. The molecule has 5 rings (SSSR count). The normalized spacial score (nSPS) is 20.4. The summed E-state index contributed by atoms with van der Waals surface area (Å²) >= 11 is 0. The molecule has 2 fully saturated rings. The van der Waals surface area contributed by atoms with Crippen molar-refractivity contribution in [1.82, 2.24) is 15.0 Å². The number of hydrogen-bond acceptors (Lipinski definition) is 7. The van der Waals surface area contributed by atoms with Crippen LogP contribution in [0.25, 0.3) is 22.4 Å². The van der Waals surface area contributed by atoms with Crippen LogP contribution in [0.15, 0.2) is 42.6 Å². The van der Waals surface area contributed by atoms with Crippen molar-refractivity contribution >= 4 is 16.9 Å². The van der Waals surface area contributed by atoms with Gasteiger partial charge in [0.05, 0.1) is 25.3 Å². The quantitative estimate of drug-likeness (QED) is 0.620. The van der Waals surface area contributed by atoms with Crippen LogP contribution in [0, 0.1) is 0 Å². The van der Waals surface area contributed by atoms with Crippen LogP contribution in [0.4, 0.5) is 5.82 Å². The van der Waals surface area contributed by atoms with Gasteiger partial charge in [-0.25, -0.2) is 9.97 Å². The Morgan fingerprint density at radius 1 is 1.03 bits per heavy atom. The van der Waals surface area contributed by atoms with Gasteiger partial charge in [-0.2, -0.15) is 0 Å². The van der Waals surface area contributed by atoms with Crippen molar-refractivity contribution in [3.05, 3.63) is 48.2 Å². The van der Waals surface area contributed by atoms with E-state index < -0.39 is 5.79 Å². The lowest BCUT2D eigenvalue weighted by atomic mass is 10.1. The molecule has 4 heterocycles. The standard InChI is InChI=1S/C22H24N4O3.C2H6/c1-22(2)28-14-18(29-22)16-12-17-19(23-13-16)21(26-8-10-27-11-9-26)25-20(24-17)15-6-4-3-5-7-15;1-2/h3-7,12-13,18H,8-11,14H2,1-2H3;1-2H3. The Bertz CT molecular complexity index is 1020. The van der Waals surface area contributed by atoms with Crippen LogP contribution < -0.4 is 4.90 Å². The second-order valence-corrected chi connectivity index (χ2v) is 7.79. The summed E-state index contributed by atoms with van der Waals surface area (Å²) in [4.78, 5) is 16.7. The van der Waals surface area contributed by atoms with Gasteiger partial charge in [-0.3, -0.25) is 4.98 Å². The average Bonchev–Trinajstić information content (AvgIpc) is 3.20. The van der Waals surface area contributed by atoms with Gasteiger partial charge >= 0.3 is 0 Å². The number of anilines is 1. The van der Waals surface area contributed by atoms with Gasteiger partial charge in [-0.1, -0.05) is 44.2 Å². The van der Waals surface area contributed by atoms with Crippen molar-refractivity contribution < 1.29 is 14.2 Å². The Kier molecular flexibility index (Phi) is 6.46. The molecule has 0 N–H and O–H groups in total. The molecule has 7 heteroatoms. The topological polar surface area (TPSA) is 69.6 Å². The molecule has 0 bridgehead atoms. The van der Waals surface area contributed by atoms with E-state index >= 15 is 0 Å². The summed E-state index contributed by atoms with van der Waals surface area (Å²) in [7, 11) is 0. The molecule has 2 saturated heterocycles. The second kappa shape index (κ2) is 9.26. The lowest BCUT2D eigenvalue weighted by Crippen LogP contribution is -2.37. The first kappa shape index (κ1) is 21.6. The zero-order valence-electron chi connectivity index (χ0n) is 18.7. The van der Waals surface area contributed by atoms with Crippen LogP contribution in [0.5, 0.6) is 0 Å². The fourth-order valence-corrected chi connectivity index (χ4v) is 3.76. The summed E-state index contributed by atoms with van der Waals surface area (Å²) in [5.74, 6) is 0.967.